The van der Waals surface area contributed by atoms with E-state index in [1.807, 2.05) is 23.9 Å². The number of carbonyl (C=O) groups excluding carboxylic acids is 1. The number of amides is 1. The van der Waals surface area contributed by atoms with Crippen LogP contribution in [0.25, 0.3) is 0 Å². The highest BCUT2D eigenvalue weighted by molar-refractivity contribution is 7.18. The van der Waals surface area contributed by atoms with Crippen LogP contribution in [0.5, 0.6) is 0 Å². The standard InChI is InChI=1S/C12H21N5OS/c1-8-7-16(4)5-6-17(8)11(18)9-10(13)14-12(19-9)15(2)3/h8H,5-7,13H2,1-4H3. The maximum atomic E-state index is 12.6. The average molecular weight is 283 g/mol. The van der Waals surface area contributed by atoms with E-state index < -0.39 is 0 Å². The van der Waals surface area contributed by atoms with E-state index in [0.29, 0.717) is 10.7 Å². The normalized spacial score (nSPS) is 20.6. The second-order valence-corrected chi connectivity index (χ2v) is 6.19. The maximum Gasteiger partial charge on any atom is 0.268 e. The fourth-order valence-electron chi connectivity index (χ4n) is 2.24. The number of carbonyl (C=O) groups is 1. The van der Waals surface area contributed by atoms with E-state index in [1.54, 1.807) is 0 Å². The Bertz CT molecular complexity index is 473. The Hall–Kier alpha value is -1.34. The largest absolute Gasteiger partial charge is 0.382 e. The summed E-state index contributed by atoms with van der Waals surface area (Å²) in [6.45, 7) is 4.60. The topological polar surface area (TPSA) is 65.7 Å². The molecule has 1 aromatic rings. The van der Waals surface area contributed by atoms with Gasteiger partial charge in [0.25, 0.3) is 5.91 Å². The molecule has 1 aliphatic rings. The molecule has 1 unspecified atom stereocenters. The smallest absolute Gasteiger partial charge is 0.268 e. The molecule has 0 bridgehead atoms. The molecule has 0 saturated carbocycles. The van der Waals surface area contributed by atoms with Crippen LogP contribution in [0.4, 0.5) is 10.9 Å². The molecule has 7 heteroatoms. The Kier molecular flexibility index (Phi) is 3.96. The highest BCUT2D eigenvalue weighted by atomic mass is 32.1. The van der Waals surface area contributed by atoms with Crippen molar-refractivity contribution in [2.75, 3.05) is 51.4 Å². The Labute approximate surface area is 117 Å². The molecule has 2 rings (SSSR count). The number of likely N-dealkylation sites (N-methyl/N-ethyl adjacent to an activating group) is 1. The Morgan fingerprint density at radius 2 is 2.16 bits per heavy atom. The third kappa shape index (κ3) is 2.82. The first-order valence-corrected chi connectivity index (χ1v) is 7.15. The Morgan fingerprint density at radius 1 is 1.47 bits per heavy atom. The van der Waals surface area contributed by atoms with E-state index in [1.165, 1.54) is 11.3 Å². The number of nitrogens with two attached hydrogens (primary N) is 1. The summed E-state index contributed by atoms with van der Waals surface area (Å²) < 4.78 is 0. The molecule has 19 heavy (non-hydrogen) atoms. The molecule has 2 N–H and O–H groups in total. The van der Waals surface area contributed by atoms with Gasteiger partial charge in [0, 0.05) is 39.8 Å². The van der Waals surface area contributed by atoms with Gasteiger partial charge in [0.15, 0.2) is 5.13 Å². The summed E-state index contributed by atoms with van der Waals surface area (Å²) in [6, 6.07) is 0.204. The second kappa shape index (κ2) is 5.34. The molecule has 1 aromatic heterocycles. The maximum absolute atomic E-state index is 12.6. The lowest BCUT2D eigenvalue weighted by atomic mass is 10.2. The number of aromatic nitrogens is 1. The quantitative estimate of drug-likeness (QED) is 0.859. The minimum Gasteiger partial charge on any atom is -0.382 e. The lowest BCUT2D eigenvalue weighted by Gasteiger charge is -2.37. The van der Waals surface area contributed by atoms with Crippen LogP contribution in [0, 0.1) is 0 Å². The summed E-state index contributed by atoms with van der Waals surface area (Å²) >= 11 is 1.36. The number of thiazole rings is 1. The molecule has 0 radical (unpaired) electrons. The number of piperazine rings is 1. The molecular formula is C12H21N5OS. The van der Waals surface area contributed by atoms with E-state index >= 15 is 0 Å². The Balaban J connectivity index is 2.19. The molecule has 1 atom stereocenters. The van der Waals surface area contributed by atoms with E-state index in [9.17, 15) is 4.79 Å². The summed E-state index contributed by atoms with van der Waals surface area (Å²) in [5.74, 6) is 0.341. The van der Waals surface area contributed by atoms with E-state index in [0.717, 1.165) is 24.8 Å². The van der Waals surface area contributed by atoms with Crippen molar-refractivity contribution in [1.29, 1.82) is 0 Å². The monoisotopic (exact) mass is 283 g/mol. The zero-order valence-corrected chi connectivity index (χ0v) is 12.7. The van der Waals surface area contributed by atoms with Crippen molar-refractivity contribution < 1.29 is 4.79 Å². The summed E-state index contributed by atoms with van der Waals surface area (Å²) in [6.07, 6.45) is 0. The van der Waals surface area contributed by atoms with Crippen LogP contribution >= 0.6 is 11.3 Å². The van der Waals surface area contributed by atoms with Crippen molar-refractivity contribution in [1.82, 2.24) is 14.8 Å². The number of hydrogen-bond acceptors (Lipinski definition) is 6. The van der Waals surface area contributed by atoms with Crippen LogP contribution in [0.1, 0.15) is 16.6 Å². The molecule has 0 spiro atoms. The minimum absolute atomic E-state index is 0.00343. The van der Waals surface area contributed by atoms with Gasteiger partial charge in [0.1, 0.15) is 10.7 Å². The van der Waals surface area contributed by atoms with E-state index in [-0.39, 0.29) is 11.9 Å². The first-order valence-electron chi connectivity index (χ1n) is 6.33. The third-order valence-corrected chi connectivity index (χ3v) is 4.54. The van der Waals surface area contributed by atoms with Gasteiger partial charge in [0.2, 0.25) is 0 Å². The van der Waals surface area contributed by atoms with Gasteiger partial charge in [0.05, 0.1) is 0 Å². The Morgan fingerprint density at radius 3 is 2.68 bits per heavy atom. The molecule has 106 valence electrons. The predicted molar refractivity (Wildman–Crippen MR) is 78.8 cm³/mol. The lowest BCUT2D eigenvalue weighted by molar-refractivity contribution is 0.0539. The van der Waals surface area contributed by atoms with Gasteiger partial charge in [-0.15, -0.1) is 0 Å². The van der Waals surface area contributed by atoms with Crippen molar-refractivity contribution in [3.05, 3.63) is 4.88 Å². The molecule has 1 saturated heterocycles. The van der Waals surface area contributed by atoms with E-state index in [2.05, 4.69) is 23.9 Å². The SMILES string of the molecule is CC1CN(C)CCN1C(=O)c1sc(N(C)C)nc1N. The van der Waals surface area contributed by atoms with Gasteiger partial charge in [-0.2, -0.15) is 0 Å². The number of rotatable bonds is 2. The molecule has 1 amide bonds. The summed E-state index contributed by atoms with van der Waals surface area (Å²) in [4.78, 5) is 23.3. The predicted octanol–water partition coefficient (Wildman–Crippen LogP) is 0.567. The summed E-state index contributed by atoms with van der Waals surface area (Å²) in [7, 11) is 5.86. The first kappa shape index (κ1) is 14.1. The van der Waals surface area contributed by atoms with Gasteiger partial charge in [-0.25, -0.2) is 4.98 Å². The highest BCUT2D eigenvalue weighted by Crippen LogP contribution is 2.28. The summed E-state index contributed by atoms with van der Waals surface area (Å²) in [5.41, 5.74) is 5.87. The van der Waals surface area contributed by atoms with Gasteiger partial charge in [-0.1, -0.05) is 11.3 Å². The van der Waals surface area contributed by atoms with Crippen LogP contribution < -0.4 is 10.6 Å². The molecule has 6 nitrogen and oxygen atoms in total. The van der Waals surface area contributed by atoms with Crippen LogP contribution in [0.2, 0.25) is 0 Å². The molecule has 1 fully saturated rings. The van der Waals surface area contributed by atoms with Gasteiger partial charge in [-0.3, -0.25) is 4.79 Å². The minimum atomic E-state index is 0.00343. The average Bonchev–Trinajstić information content (AvgIpc) is 2.71. The summed E-state index contributed by atoms with van der Waals surface area (Å²) in [5, 5.41) is 0.766. The zero-order chi connectivity index (χ0) is 14.2. The molecule has 2 heterocycles. The van der Waals surface area contributed by atoms with Crippen molar-refractivity contribution >= 4 is 28.2 Å². The van der Waals surface area contributed by atoms with Crippen molar-refractivity contribution in [3.8, 4) is 0 Å². The number of hydrogen-bond donors (Lipinski definition) is 1. The van der Waals surface area contributed by atoms with Crippen LogP contribution in [-0.2, 0) is 0 Å². The number of nitrogen functional groups attached to an aromatic ring is 1. The molecule has 0 aromatic carbocycles. The van der Waals surface area contributed by atoms with Crippen molar-refractivity contribution in [3.63, 3.8) is 0 Å². The fourth-order valence-corrected chi connectivity index (χ4v) is 3.10. The van der Waals surface area contributed by atoms with Gasteiger partial charge >= 0.3 is 0 Å². The van der Waals surface area contributed by atoms with Crippen LogP contribution in [0.15, 0.2) is 0 Å². The first-order chi connectivity index (χ1) is 8.90. The third-order valence-electron chi connectivity index (χ3n) is 3.31. The molecule has 0 aliphatic carbocycles. The van der Waals surface area contributed by atoms with Crippen molar-refractivity contribution in [2.24, 2.45) is 0 Å². The fraction of sp³-hybridized carbons (Fsp3) is 0.667. The lowest BCUT2D eigenvalue weighted by Crippen LogP contribution is -2.52. The zero-order valence-electron chi connectivity index (χ0n) is 11.9. The number of nitrogens with zero attached hydrogens (tertiary/aromatic N) is 4. The van der Waals surface area contributed by atoms with E-state index in [4.69, 9.17) is 5.73 Å². The van der Waals surface area contributed by atoms with Crippen LogP contribution in [0.3, 0.4) is 0 Å². The molecule has 1 aliphatic heterocycles. The van der Waals surface area contributed by atoms with Gasteiger partial charge in [-0.05, 0) is 14.0 Å². The second-order valence-electron chi connectivity index (χ2n) is 5.22. The van der Waals surface area contributed by atoms with Crippen LogP contribution in [-0.4, -0.2) is 67.5 Å². The van der Waals surface area contributed by atoms with Gasteiger partial charge < -0.3 is 20.4 Å². The van der Waals surface area contributed by atoms with Crippen molar-refractivity contribution in [2.45, 2.75) is 13.0 Å². The molecular weight excluding hydrogens is 262 g/mol. The number of anilines is 2. The highest BCUT2D eigenvalue weighted by Gasteiger charge is 2.29.